The Bertz CT molecular complexity index is 1620. The lowest BCUT2D eigenvalue weighted by atomic mass is 9.91. The van der Waals surface area contributed by atoms with Crippen molar-refractivity contribution in [3.63, 3.8) is 0 Å². The van der Waals surface area contributed by atoms with E-state index in [-0.39, 0.29) is 11.8 Å². The minimum atomic E-state index is -0.155. The molecular weight excluding hydrogens is 498 g/mol. The molecule has 0 unspecified atom stereocenters. The fraction of sp³-hybridized carbons (Fsp3) is 0.182. The van der Waals surface area contributed by atoms with Crippen LogP contribution in [0.3, 0.4) is 0 Å². The van der Waals surface area contributed by atoms with Crippen molar-refractivity contribution in [2.75, 3.05) is 23.3 Å². The van der Waals surface area contributed by atoms with Crippen molar-refractivity contribution in [2.45, 2.75) is 25.7 Å². The molecule has 1 aromatic heterocycles. The zero-order valence-corrected chi connectivity index (χ0v) is 22.2. The number of amides is 2. The number of nitrogens with one attached hydrogen (secondary N) is 2. The molecule has 2 heterocycles. The molecule has 0 bridgehead atoms. The normalized spacial score (nSPS) is 14.4. The van der Waals surface area contributed by atoms with Crippen molar-refractivity contribution < 1.29 is 9.59 Å². The van der Waals surface area contributed by atoms with E-state index in [1.807, 2.05) is 65.6 Å². The Morgan fingerprint density at radius 3 is 2.48 bits per heavy atom. The van der Waals surface area contributed by atoms with Gasteiger partial charge in [0.2, 0.25) is 0 Å². The lowest BCUT2D eigenvalue weighted by molar-refractivity contribution is -0.112. The number of H-pyrrole nitrogens is 1. The van der Waals surface area contributed by atoms with Crippen LogP contribution >= 0.6 is 0 Å². The summed E-state index contributed by atoms with van der Waals surface area (Å²) in [5.74, 6) is 0.620. The maximum Gasteiger partial charge on any atom is 0.258 e. The van der Waals surface area contributed by atoms with Crippen LogP contribution in [-0.4, -0.2) is 34.9 Å². The summed E-state index contributed by atoms with van der Waals surface area (Å²) in [6, 6.07) is 24.9. The highest BCUT2D eigenvalue weighted by atomic mass is 16.2. The molecule has 200 valence electrons. The number of imidazole rings is 1. The van der Waals surface area contributed by atoms with Crippen molar-refractivity contribution >= 4 is 28.8 Å². The molecule has 0 saturated heterocycles. The van der Waals surface area contributed by atoms with Gasteiger partial charge in [-0.05, 0) is 60.9 Å². The first-order valence-electron chi connectivity index (χ1n) is 13.7. The third-order valence-electron chi connectivity index (χ3n) is 7.36. The number of carbonyl (C=O) groups is 2. The number of aromatic amines is 1. The molecule has 6 rings (SSSR count). The van der Waals surface area contributed by atoms with Crippen molar-refractivity contribution in [1.82, 2.24) is 9.97 Å². The lowest BCUT2D eigenvalue weighted by Gasteiger charge is -2.23. The monoisotopic (exact) mass is 529 g/mol. The van der Waals surface area contributed by atoms with E-state index >= 15 is 0 Å². The van der Waals surface area contributed by atoms with E-state index in [9.17, 15) is 9.59 Å². The van der Waals surface area contributed by atoms with Crippen molar-refractivity contribution in [3.05, 3.63) is 119 Å². The van der Waals surface area contributed by atoms with Crippen LogP contribution in [0.4, 0.5) is 11.4 Å². The third-order valence-corrected chi connectivity index (χ3v) is 7.36. The van der Waals surface area contributed by atoms with Gasteiger partial charge in [0.15, 0.2) is 0 Å². The number of nitrogens with two attached hydrogens (primary N) is 1. The Balaban J connectivity index is 1.20. The minimum Gasteiger partial charge on any atom is -0.345 e. The first-order valence-corrected chi connectivity index (χ1v) is 13.7. The Morgan fingerprint density at radius 2 is 1.68 bits per heavy atom. The number of hydrogen-bond donors (Lipinski definition) is 3. The Morgan fingerprint density at radius 1 is 0.925 bits per heavy atom. The minimum absolute atomic E-state index is 0.0954. The van der Waals surface area contributed by atoms with Crippen LogP contribution in [0.1, 0.15) is 40.3 Å². The number of fused-ring (bicyclic) bond motifs is 3. The van der Waals surface area contributed by atoms with Gasteiger partial charge in [0.25, 0.3) is 11.8 Å². The van der Waals surface area contributed by atoms with Crippen molar-refractivity contribution in [2.24, 2.45) is 5.73 Å². The molecule has 1 aliphatic heterocycles. The van der Waals surface area contributed by atoms with Gasteiger partial charge in [-0.15, -0.1) is 0 Å². The summed E-state index contributed by atoms with van der Waals surface area (Å²) in [6.07, 6.45) is 7.20. The quantitative estimate of drug-likeness (QED) is 0.306. The van der Waals surface area contributed by atoms with Gasteiger partial charge < -0.3 is 20.9 Å². The van der Waals surface area contributed by atoms with Gasteiger partial charge in [-0.1, -0.05) is 60.7 Å². The van der Waals surface area contributed by atoms with Gasteiger partial charge in [-0.2, -0.15) is 0 Å². The van der Waals surface area contributed by atoms with Gasteiger partial charge >= 0.3 is 0 Å². The molecule has 4 aromatic rings. The maximum atomic E-state index is 13.7. The average Bonchev–Trinajstić information content (AvgIpc) is 3.34. The topological polar surface area (TPSA) is 104 Å². The van der Waals surface area contributed by atoms with Gasteiger partial charge in [0.1, 0.15) is 5.82 Å². The first kappa shape index (κ1) is 25.5. The van der Waals surface area contributed by atoms with Crippen LogP contribution in [0, 0.1) is 0 Å². The van der Waals surface area contributed by atoms with Crippen LogP contribution < -0.4 is 16.0 Å². The summed E-state index contributed by atoms with van der Waals surface area (Å²) in [5, 5.41) is 3.01. The standard InChI is InChI=1S/C33H31N5O2/c34-20-18-30-36-28-19-21-38(29-13-7-6-12-27(29)31(28)37-30)33(40)23-14-16-24(17-15-23)35-32(39)26-11-5-4-10-25(26)22-8-2-1-3-9-22/h1-3,6-17H,4-5,18-21,34H2,(H,35,39)(H,36,37). The Labute approximate surface area is 233 Å². The van der Waals surface area contributed by atoms with Crippen LogP contribution in [-0.2, 0) is 17.6 Å². The molecule has 2 aliphatic rings. The average molecular weight is 530 g/mol. The number of rotatable bonds is 6. The number of aromatic nitrogens is 2. The third kappa shape index (κ3) is 4.99. The highest BCUT2D eigenvalue weighted by molar-refractivity contribution is 6.15. The molecule has 40 heavy (non-hydrogen) atoms. The Hall–Kier alpha value is -4.75. The van der Waals surface area contributed by atoms with E-state index in [0.717, 1.165) is 52.4 Å². The number of para-hydroxylation sites is 1. The molecular formula is C33H31N5O2. The fourth-order valence-electron chi connectivity index (χ4n) is 5.42. The summed E-state index contributed by atoms with van der Waals surface area (Å²) in [7, 11) is 0. The molecule has 0 radical (unpaired) electrons. The van der Waals surface area contributed by atoms with Crippen molar-refractivity contribution in [3.8, 4) is 11.3 Å². The van der Waals surface area contributed by atoms with Crippen LogP contribution in [0.2, 0.25) is 0 Å². The second-order valence-corrected chi connectivity index (χ2v) is 9.98. The summed E-state index contributed by atoms with van der Waals surface area (Å²) < 4.78 is 0. The molecule has 2 amide bonds. The SMILES string of the molecule is NCCc1nc2c([nH]1)CCN(C(=O)c1ccc(NC(=O)C3=CCCC=C3c3ccccc3)cc1)c1ccccc1-2. The zero-order chi connectivity index (χ0) is 27.5. The van der Waals surface area contributed by atoms with Crippen LogP contribution in [0.15, 0.2) is 96.6 Å². The van der Waals surface area contributed by atoms with Gasteiger partial charge in [-0.3, -0.25) is 9.59 Å². The summed E-state index contributed by atoms with van der Waals surface area (Å²) >= 11 is 0. The van der Waals surface area contributed by atoms with E-state index in [0.29, 0.717) is 42.8 Å². The van der Waals surface area contributed by atoms with E-state index in [1.165, 1.54) is 0 Å². The lowest BCUT2D eigenvalue weighted by Crippen LogP contribution is -2.32. The van der Waals surface area contributed by atoms with E-state index < -0.39 is 0 Å². The summed E-state index contributed by atoms with van der Waals surface area (Å²) in [6.45, 7) is 1.05. The molecule has 4 N–H and O–H groups in total. The first-order chi connectivity index (χ1) is 19.6. The van der Waals surface area contributed by atoms with Crippen LogP contribution in [0.25, 0.3) is 16.8 Å². The molecule has 7 nitrogen and oxygen atoms in total. The smallest absolute Gasteiger partial charge is 0.258 e. The number of nitrogens with zero attached hydrogens (tertiary/aromatic N) is 2. The molecule has 0 saturated carbocycles. The van der Waals surface area contributed by atoms with Crippen LogP contribution in [0.5, 0.6) is 0 Å². The highest BCUT2D eigenvalue weighted by Crippen LogP contribution is 2.36. The Kier molecular flexibility index (Phi) is 7.12. The van der Waals surface area contributed by atoms with E-state index in [2.05, 4.69) is 16.4 Å². The van der Waals surface area contributed by atoms with E-state index in [4.69, 9.17) is 10.7 Å². The maximum absolute atomic E-state index is 13.7. The van der Waals surface area contributed by atoms with Gasteiger partial charge in [-0.25, -0.2) is 4.98 Å². The molecule has 0 fully saturated rings. The number of anilines is 2. The number of carbonyl (C=O) groups excluding carboxylic acids is 2. The van der Waals surface area contributed by atoms with E-state index in [1.54, 1.807) is 24.3 Å². The summed E-state index contributed by atoms with van der Waals surface area (Å²) in [5.41, 5.74) is 13.2. The molecule has 0 spiro atoms. The van der Waals surface area contributed by atoms with Crippen molar-refractivity contribution in [1.29, 1.82) is 0 Å². The number of benzene rings is 3. The molecule has 0 atom stereocenters. The fourth-order valence-corrected chi connectivity index (χ4v) is 5.42. The highest BCUT2D eigenvalue weighted by Gasteiger charge is 2.27. The second-order valence-electron chi connectivity index (χ2n) is 9.98. The number of hydrogen-bond acceptors (Lipinski definition) is 4. The molecule has 3 aromatic carbocycles. The van der Waals surface area contributed by atoms with Gasteiger partial charge in [0, 0.05) is 47.5 Å². The van der Waals surface area contributed by atoms with Gasteiger partial charge in [0.05, 0.1) is 11.4 Å². The predicted octanol–water partition coefficient (Wildman–Crippen LogP) is 5.52. The molecule has 1 aliphatic carbocycles. The zero-order valence-electron chi connectivity index (χ0n) is 22.2. The largest absolute Gasteiger partial charge is 0.345 e. The molecule has 7 heteroatoms. The number of allylic oxidation sites excluding steroid dienone is 2. The summed E-state index contributed by atoms with van der Waals surface area (Å²) in [4.78, 5) is 36.9. The predicted molar refractivity (Wildman–Crippen MR) is 159 cm³/mol. The second kappa shape index (κ2) is 11.2.